The minimum Gasteiger partial charge on any atom is -0.492 e. The van der Waals surface area contributed by atoms with Crippen LogP contribution in [0.5, 0.6) is 5.75 Å². The predicted molar refractivity (Wildman–Crippen MR) is 151 cm³/mol. The summed E-state index contributed by atoms with van der Waals surface area (Å²) in [6.07, 6.45) is 2.16. The Kier molecular flexibility index (Phi) is 14.0. The molecule has 2 aromatic rings. The van der Waals surface area contributed by atoms with Gasteiger partial charge >= 0.3 is 0 Å². The van der Waals surface area contributed by atoms with Gasteiger partial charge in [-0.2, -0.15) is 0 Å². The number of para-hydroxylation sites is 1. The third kappa shape index (κ3) is 10.7. The molecule has 3 atom stereocenters. The maximum atomic E-state index is 13.7. The van der Waals surface area contributed by atoms with Crippen LogP contribution in [0.15, 0.2) is 54.6 Å². The molecule has 0 spiro atoms. The lowest BCUT2D eigenvalue weighted by Crippen LogP contribution is -2.57. The van der Waals surface area contributed by atoms with Gasteiger partial charge in [0.2, 0.25) is 17.7 Å². The molecule has 3 rings (SSSR count). The number of aryl methyl sites for hydroxylation is 2. The van der Waals surface area contributed by atoms with Crippen LogP contribution in [0.2, 0.25) is 0 Å². The molecule has 8 nitrogen and oxygen atoms in total. The van der Waals surface area contributed by atoms with Crippen molar-refractivity contribution in [3.05, 3.63) is 65.7 Å². The lowest BCUT2D eigenvalue weighted by Gasteiger charge is -2.32. The van der Waals surface area contributed by atoms with E-state index in [1.807, 2.05) is 56.3 Å². The molecule has 0 bridgehead atoms. The largest absolute Gasteiger partial charge is 0.492 e. The van der Waals surface area contributed by atoms with Crippen molar-refractivity contribution in [3.8, 4) is 5.75 Å². The number of alkyl halides is 1. The number of rotatable bonds is 3. The number of halogens is 1. The second kappa shape index (κ2) is 17.2. The topological polar surface area (TPSA) is 99.8 Å². The van der Waals surface area contributed by atoms with Crippen LogP contribution in [-0.4, -0.2) is 74.7 Å². The van der Waals surface area contributed by atoms with Gasteiger partial charge in [-0.15, -0.1) is 0 Å². The fourth-order valence-corrected chi connectivity index (χ4v) is 4.11. The van der Waals surface area contributed by atoms with Crippen LogP contribution in [0.25, 0.3) is 0 Å². The number of carbonyl (C=O) groups is 3. The van der Waals surface area contributed by atoms with Gasteiger partial charge in [-0.1, -0.05) is 74.4 Å². The number of nitrogens with zero attached hydrogens (tertiary/aromatic N) is 1. The minimum absolute atomic E-state index is 0.0306. The van der Waals surface area contributed by atoms with Gasteiger partial charge in [-0.05, 0) is 37.3 Å². The Balaban J connectivity index is 0.000000658. The molecule has 1 aliphatic rings. The van der Waals surface area contributed by atoms with E-state index in [2.05, 4.69) is 35.0 Å². The molecule has 3 amide bonds. The maximum Gasteiger partial charge on any atom is 0.245 e. The number of hydrogen-bond donors (Lipinski definition) is 3. The molecule has 9 heteroatoms. The standard InChI is InChI=1S/C23H35FN4O4.C7H8/c1-4-16(2)21-23(31)28(3)18(14-24)22(30)27-15-20(29)25-11-7-9-17-8-5-6-10-19(17)32-13-12-26-21;1-7-5-3-2-4-6-7/h5-6,8,10,16,18,21,26H,4,7,9,11-15H2,1-3H3,(H,25,29)(H,27,30);2-6H,1H3. The summed E-state index contributed by atoms with van der Waals surface area (Å²) in [4.78, 5) is 38.7. The van der Waals surface area contributed by atoms with E-state index in [0.717, 1.165) is 29.1 Å². The summed E-state index contributed by atoms with van der Waals surface area (Å²) in [6.45, 7) is 5.88. The number of ether oxygens (including phenoxy) is 1. The Labute approximate surface area is 231 Å². The number of likely N-dealkylation sites (N-methyl/N-ethyl adjacent to an activating group) is 1. The second-order valence-corrected chi connectivity index (χ2v) is 9.72. The van der Waals surface area contributed by atoms with Crippen molar-refractivity contribution in [2.45, 2.75) is 52.1 Å². The number of carbonyl (C=O) groups excluding carboxylic acids is 3. The molecule has 0 radical (unpaired) electrons. The molecule has 0 saturated heterocycles. The molecule has 1 heterocycles. The summed E-state index contributed by atoms with van der Waals surface area (Å²) in [5.41, 5.74) is 2.36. The number of fused-ring (bicyclic) bond motifs is 1. The summed E-state index contributed by atoms with van der Waals surface area (Å²) in [5.74, 6) is -0.690. The number of nitrogens with one attached hydrogen (secondary N) is 3. The maximum absolute atomic E-state index is 13.7. The lowest BCUT2D eigenvalue weighted by molar-refractivity contribution is -0.142. The van der Waals surface area contributed by atoms with E-state index in [-0.39, 0.29) is 24.3 Å². The Morgan fingerprint density at radius 3 is 2.36 bits per heavy atom. The van der Waals surface area contributed by atoms with Crippen LogP contribution in [0.3, 0.4) is 0 Å². The highest BCUT2D eigenvalue weighted by molar-refractivity contribution is 5.92. The molecule has 0 fully saturated rings. The quantitative estimate of drug-likeness (QED) is 0.554. The zero-order valence-electron chi connectivity index (χ0n) is 23.5. The molecule has 39 heavy (non-hydrogen) atoms. The van der Waals surface area contributed by atoms with Crippen molar-refractivity contribution < 1.29 is 23.5 Å². The Morgan fingerprint density at radius 2 is 1.72 bits per heavy atom. The summed E-state index contributed by atoms with van der Waals surface area (Å²) in [7, 11) is 1.41. The van der Waals surface area contributed by atoms with E-state index >= 15 is 0 Å². The Bertz CT molecular complexity index is 1040. The highest BCUT2D eigenvalue weighted by atomic mass is 19.1. The normalized spacial score (nSPS) is 20.5. The lowest BCUT2D eigenvalue weighted by atomic mass is 9.97. The molecule has 214 valence electrons. The number of hydrogen-bond acceptors (Lipinski definition) is 5. The zero-order valence-corrected chi connectivity index (χ0v) is 23.5. The highest BCUT2D eigenvalue weighted by Gasteiger charge is 2.33. The van der Waals surface area contributed by atoms with E-state index < -0.39 is 24.7 Å². The average Bonchev–Trinajstić information content (AvgIpc) is 2.94. The van der Waals surface area contributed by atoms with Crippen molar-refractivity contribution in [3.63, 3.8) is 0 Å². The van der Waals surface area contributed by atoms with Crippen LogP contribution in [0.4, 0.5) is 4.39 Å². The van der Waals surface area contributed by atoms with E-state index in [0.29, 0.717) is 26.1 Å². The van der Waals surface area contributed by atoms with Crippen LogP contribution >= 0.6 is 0 Å². The summed E-state index contributed by atoms with van der Waals surface area (Å²) >= 11 is 0. The van der Waals surface area contributed by atoms with Gasteiger partial charge in [-0.25, -0.2) is 4.39 Å². The molecule has 0 aliphatic carbocycles. The summed E-state index contributed by atoms with van der Waals surface area (Å²) < 4.78 is 19.6. The fourth-order valence-electron chi connectivity index (χ4n) is 4.11. The molecule has 0 aromatic heterocycles. The molecule has 3 N–H and O–H groups in total. The second-order valence-electron chi connectivity index (χ2n) is 9.72. The first-order valence-corrected chi connectivity index (χ1v) is 13.6. The van der Waals surface area contributed by atoms with Crippen LogP contribution in [0.1, 0.15) is 37.8 Å². The monoisotopic (exact) mass is 542 g/mol. The minimum atomic E-state index is -1.30. The van der Waals surface area contributed by atoms with E-state index in [1.165, 1.54) is 12.6 Å². The Hall–Kier alpha value is -3.46. The van der Waals surface area contributed by atoms with Gasteiger partial charge in [0, 0.05) is 20.1 Å². The first kappa shape index (κ1) is 31.8. The fraction of sp³-hybridized carbons (Fsp3) is 0.500. The van der Waals surface area contributed by atoms with Gasteiger partial charge in [0.15, 0.2) is 0 Å². The van der Waals surface area contributed by atoms with Crippen molar-refractivity contribution in [2.24, 2.45) is 5.92 Å². The van der Waals surface area contributed by atoms with E-state index in [9.17, 15) is 18.8 Å². The van der Waals surface area contributed by atoms with Gasteiger partial charge in [0.25, 0.3) is 0 Å². The van der Waals surface area contributed by atoms with E-state index in [1.54, 1.807) is 0 Å². The Morgan fingerprint density at radius 1 is 1.03 bits per heavy atom. The van der Waals surface area contributed by atoms with Crippen molar-refractivity contribution in [1.82, 2.24) is 20.9 Å². The SMILES string of the molecule is CCC(C)C1NCCOc2ccccc2CCCNC(=O)CNC(=O)C(CF)N(C)C1=O.Cc1ccccc1. The highest BCUT2D eigenvalue weighted by Crippen LogP contribution is 2.19. The predicted octanol–water partition coefficient (Wildman–Crippen LogP) is 3.04. The first-order chi connectivity index (χ1) is 18.8. The molecule has 1 aliphatic heterocycles. The van der Waals surface area contributed by atoms with Gasteiger partial charge in [0.05, 0.1) is 12.6 Å². The molecular weight excluding hydrogens is 499 g/mol. The third-order valence-corrected chi connectivity index (χ3v) is 6.75. The van der Waals surface area contributed by atoms with Crippen molar-refractivity contribution >= 4 is 17.7 Å². The smallest absolute Gasteiger partial charge is 0.245 e. The van der Waals surface area contributed by atoms with Gasteiger partial charge in [-0.3, -0.25) is 14.4 Å². The molecule has 3 unspecified atom stereocenters. The van der Waals surface area contributed by atoms with Crippen LogP contribution in [-0.2, 0) is 20.8 Å². The molecule has 0 saturated carbocycles. The van der Waals surface area contributed by atoms with Crippen molar-refractivity contribution in [1.29, 1.82) is 0 Å². The van der Waals surface area contributed by atoms with Crippen LogP contribution < -0.4 is 20.7 Å². The third-order valence-electron chi connectivity index (χ3n) is 6.75. The van der Waals surface area contributed by atoms with Gasteiger partial charge in [0.1, 0.15) is 25.1 Å². The van der Waals surface area contributed by atoms with Gasteiger partial charge < -0.3 is 25.6 Å². The zero-order chi connectivity index (χ0) is 28.6. The summed E-state index contributed by atoms with van der Waals surface area (Å²) in [6, 6.07) is 16.1. The summed E-state index contributed by atoms with van der Waals surface area (Å²) in [5, 5.41) is 8.40. The van der Waals surface area contributed by atoms with Crippen molar-refractivity contribution in [2.75, 3.05) is 40.0 Å². The van der Waals surface area contributed by atoms with E-state index in [4.69, 9.17) is 4.74 Å². The first-order valence-electron chi connectivity index (χ1n) is 13.6. The number of benzene rings is 2. The molecular formula is C30H43FN4O4. The average molecular weight is 543 g/mol. The van der Waals surface area contributed by atoms with Crippen LogP contribution in [0, 0.1) is 12.8 Å². The molecule has 2 aromatic carbocycles. The number of amides is 3.